The molecule has 0 radical (unpaired) electrons. The van der Waals surface area contributed by atoms with Crippen molar-refractivity contribution >= 4 is 0 Å². The number of aliphatic hydroxyl groups is 1. The van der Waals surface area contributed by atoms with Gasteiger partial charge < -0.3 is 14.6 Å². The molecule has 3 nitrogen and oxygen atoms in total. The van der Waals surface area contributed by atoms with Crippen molar-refractivity contribution in [2.45, 2.75) is 46.5 Å². The Morgan fingerprint density at radius 1 is 1.29 bits per heavy atom. The van der Waals surface area contributed by atoms with Crippen LogP contribution in [0.4, 0.5) is 0 Å². The standard InChI is InChI=1S/C11H22O3/c1-5-13-11(14-6-2)8-9(3)7-10(4)12/h7,10-12H,5-6,8H2,1-4H3/b9-7-. The molecule has 0 heterocycles. The molecule has 0 aromatic carbocycles. The summed E-state index contributed by atoms with van der Waals surface area (Å²) in [6.07, 6.45) is 1.94. The minimum Gasteiger partial charge on any atom is -0.389 e. The van der Waals surface area contributed by atoms with Crippen LogP contribution in [0.1, 0.15) is 34.1 Å². The summed E-state index contributed by atoms with van der Waals surface area (Å²) in [4.78, 5) is 0. The fraction of sp³-hybridized carbons (Fsp3) is 0.818. The Kier molecular flexibility index (Phi) is 7.76. The van der Waals surface area contributed by atoms with E-state index in [2.05, 4.69) is 0 Å². The minimum absolute atomic E-state index is 0.181. The molecule has 1 unspecified atom stereocenters. The molecular formula is C11H22O3. The van der Waals surface area contributed by atoms with Crippen LogP contribution in [0.5, 0.6) is 0 Å². The maximum atomic E-state index is 9.14. The van der Waals surface area contributed by atoms with Gasteiger partial charge in [-0.25, -0.2) is 0 Å². The smallest absolute Gasteiger partial charge is 0.161 e. The molecule has 0 aliphatic carbocycles. The summed E-state index contributed by atoms with van der Waals surface area (Å²) in [5.74, 6) is 0. The van der Waals surface area contributed by atoms with Crippen molar-refractivity contribution in [3.8, 4) is 0 Å². The first-order chi connectivity index (χ1) is 6.60. The number of ether oxygens (including phenoxy) is 2. The van der Waals surface area contributed by atoms with E-state index in [1.54, 1.807) is 6.92 Å². The van der Waals surface area contributed by atoms with Gasteiger partial charge in [0.05, 0.1) is 6.10 Å². The van der Waals surface area contributed by atoms with Gasteiger partial charge in [0.1, 0.15) is 0 Å². The topological polar surface area (TPSA) is 38.7 Å². The molecule has 0 saturated heterocycles. The lowest BCUT2D eigenvalue weighted by atomic mass is 10.1. The predicted molar refractivity (Wildman–Crippen MR) is 57.1 cm³/mol. The zero-order chi connectivity index (χ0) is 11.0. The Bertz CT molecular complexity index is 158. The lowest BCUT2D eigenvalue weighted by Crippen LogP contribution is -2.17. The average Bonchev–Trinajstić information content (AvgIpc) is 2.03. The predicted octanol–water partition coefficient (Wildman–Crippen LogP) is 2.10. The van der Waals surface area contributed by atoms with Gasteiger partial charge in [0.15, 0.2) is 6.29 Å². The molecule has 0 saturated carbocycles. The highest BCUT2D eigenvalue weighted by Crippen LogP contribution is 2.10. The number of aliphatic hydroxyl groups excluding tert-OH is 1. The quantitative estimate of drug-likeness (QED) is 0.507. The van der Waals surface area contributed by atoms with Gasteiger partial charge in [0, 0.05) is 19.6 Å². The van der Waals surface area contributed by atoms with Crippen molar-refractivity contribution in [1.82, 2.24) is 0 Å². The monoisotopic (exact) mass is 202 g/mol. The molecule has 0 aromatic heterocycles. The largest absolute Gasteiger partial charge is 0.389 e. The molecule has 1 N–H and O–H groups in total. The average molecular weight is 202 g/mol. The molecule has 0 fully saturated rings. The maximum Gasteiger partial charge on any atom is 0.161 e. The van der Waals surface area contributed by atoms with E-state index in [1.165, 1.54) is 0 Å². The number of rotatable bonds is 7. The number of hydrogen-bond acceptors (Lipinski definition) is 3. The summed E-state index contributed by atoms with van der Waals surface area (Å²) in [6, 6.07) is 0. The van der Waals surface area contributed by atoms with E-state index < -0.39 is 6.10 Å². The van der Waals surface area contributed by atoms with Gasteiger partial charge in [-0.2, -0.15) is 0 Å². The van der Waals surface area contributed by atoms with Gasteiger partial charge >= 0.3 is 0 Å². The third kappa shape index (κ3) is 7.06. The van der Waals surface area contributed by atoms with Crippen molar-refractivity contribution in [3.63, 3.8) is 0 Å². The van der Waals surface area contributed by atoms with Gasteiger partial charge in [-0.3, -0.25) is 0 Å². The van der Waals surface area contributed by atoms with E-state index >= 15 is 0 Å². The van der Waals surface area contributed by atoms with Gasteiger partial charge in [-0.1, -0.05) is 11.6 Å². The van der Waals surface area contributed by atoms with E-state index in [0.717, 1.165) is 5.57 Å². The highest BCUT2D eigenvalue weighted by molar-refractivity contribution is 5.01. The molecule has 1 atom stereocenters. The van der Waals surface area contributed by atoms with Crippen LogP contribution in [0.15, 0.2) is 11.6 Å². The van der Waals surface area contributed by atoms with Crippen LogP contribution in [0.2, 0.25) is 0 Å². The van der Waals surface area contributed by atoms with Crippen LogP contribution >= 0.6 is 0 Å². The van der Waals surface area contributed by atoms with Crippen molar-refractivity contribution in [2.75, 3.05) is 13.2 Å². The molecule has 0 rings (SSSR count). The third-order valence-electron chi connectivity index (χ3n) is 1.72. The maximum absolute atomic E-state index is 9.14. The summed E-state index contributed by atoms with van der Waals surface area (Å²) in [6.45, 7) is 8.89. The molecule has 0 bridgehead atoms. The molecule has 0 aromatic rings. The molecular weight excluding hydrogens is 180 g/mol. The first-order valence-electron chi connectivity index (χ1n) is 5.18. The summed E-state index contributed by atoms with van der Waals surface area (Å²) in [5.41, 5.74) is 1.09. The van der Waals surface area contributed by atoms with Crippen LogP contribution in [0.25, 0.3) is 0 Å². The lowest BCUT2D eigenvalue weighted by molar-refractivity contribution is -0.134. The Morgan fingerprint density at radius 2 is 1.79 bits per heavy atom. The van der Waals surface area contributed by atoms with E-state index in [4.69, 9.17) is 14.6 Å². The van der Waals surface area contributed by atoms with E-state index in [1.807, 2.05) is 26.8 Å². The highest BCUT2D eigenvalue weighted by Gasteiger charge is 2.08. The van der Waals surface area contributed by atoms with E-state index in [9.17, 15) is 0 Å². The summed E-state index contributed by atoms with van der Waals surface area (Å²) >= 11 is 0. The van der Waals surface area contributed by atoms with Crippen molar-refractivity contribution in [2.24, 2.45) is 0 Å². The van der Waals surface area contributed by atoms with E-state index in [-0.39, 0.29) is 6.29 Å². The van der Waals surface area contributed by atoms with Crippen molar-refractivity contribution in [3.05, 3.63) is 11.6 Å². The summed E-state index contributed by atoms with van der Waals surface area (Å²) < 4.78 is 10.8. The second kappa shape index (κ2) is 7.97. The van der Waals surface area contributed by atoms with Gasteiger partial charge in [0.25, 0.3) is 0 Å². The lowest BCUT2D eigenvalue weighted by Gasteiger charge is -2.17. The summed E-state index contributed by atoms with van der Waals surface area (Å²) in [7, 11) is 0. The van der Waals surface area contributed by atoms with Crippen LogP contribution in [0, 0.1) is 0 Å². The number of hydrogen-bond donors (Lipinski definition) is 1. The molecule has 84 valence electrons. The molecule has 0 aliphatic rings. The fourth-order valence-electron chi connectivity index (χ4n) is 1.28. The zero-order valence-electron chi connectivity index (χ0n) is 9.62. The van der Waals surface area contributed by atoms with Crippen molar-refractivity contribution in [1.29, 1.82) is 0 Å². The molecule has 0 spiro atoms. The molecule has 0 amide bonds. The Morgan fingerprint density at radius 3 is 2.14 bits per heavy atom. The first-order valence-corrected chi connectivity index (χ1v) is 5.18. The zero-order valence-corrected chi connectivity index (χ0v) is 9.62. The Hall–Kier alpha value is -0.380. The minimum atomic E-state index is -0.404. The molecule has 3 heteroatoms. The van der Waals surface area contributed by atoms with Gasteiger partial charge in [-0.15, -0.1) is 0 Å². The molecule has 0 aliphatic heterocycles. The van der Waals surface area contributed by atoms with Gasteiger partial charge in [0.2, 0.25) is 0 Å². The summed E-state index contributed by atoms with van der Waals surface area (Å²) in [5, 5.41) is 9.14. The molecule has 14 heavy (non-hydrogen) atoms. The highest BCUT2D eigenvalue weighted by atomic mass is 16.7. The van der Waals surface area contributed by atoms with Crippen LogP contribution in [0.3, 0.4) is 0 Å². The van der Waals surface area contributed by atoms with E-state index in [0.29, 0.717) is 19.6 Å². The Labute approximate surface area is 86.7 Å². The van der Waals surface area contributed by atoms with Crippen LogP contribution in [-0.2, 0) is 9.47 Å². The second-order valence-corrected chi connectivity index (χ2v) is 3.30. The van der Waals surface area contributed by atoms with Gasteiger partial charge in [-0.05, 0) is 27.7 Å². The second-order valence-electron chi connectivity index (χ2n) is 3.30. The van der Waals surface area contributed by atoms with Crippen LogP contribution in [-0.4, -0.2) is 30.7 Å². The first kappa shape index (κ1) is 13.6. The third-order valence-corrected chi connectivity index (χ3v) is 1.72. The Balaban J connectivity index is 4.00. The van der Waals surface area contributed by atoms with Crippen LogP contribution < -0.4 is 0 Å². The normalized spacial score (nSPS) is 14.9. The SMILES string of the molecule is CCOC(C/C(C)=C\C(C)O)OCC. The fourth-order valence-corrected chi connectivity index (χ4v) is 1.28. The van der Waals surface area contributed by atoms with Crippen molar-refractivity contribution < 1.29 is 14.6 Å².